The molecule has 3 rings (SSSR count). The average molecular weight is 290 g/mol. The van der Waals surface area contributed by atoms with Crippen molar-refractivity contribution in [3.63, 3.8) is 0 Å². The number of carbonyl (C=O) groups excluding carboxylic acids is 1. The molecule has 0 unspecified atom stereocenters. The molecule has 0 N–H and O–H groups in total. The van der Waals surface area contributed by atoms with Gasteiger partial charge in [-0.25, -0.2) is 0 Å². The van der Waals surface area contributed by atoms with E-state index in [2.05, 4.69) is 4.98 Å². The van der Waals surface area contributed by atoms with Crippen molar-refractivity contribution in [1.82, 2.24) is 9.88 Å². The standard InChI is InChI=1S/C16H22N2O3/c1-20-14-3-2-12-21-16(14)6-10-18(11-7-16)15(19)13-4-8-17-9-5-13/h4-5,8-9,14H,2-3,6-7,10-12H2,1H3/t14-/m0/s1. The summed E-state index contributed by atoms with van der Waals surface area (Å²) in [7, 11) is 1.76. The maximum atomic E-state index is 12.4. The first-order valence-electron chi connectivity index (χ1n) is 7.61. The zero-order valence-electron chi connectivity index (χ0n) is 12.5. The third-order valence-corrected chi connectivity index (χ3v) is 4.70. The van der Waals surface area contributed by atoms with Gasteiger partial charge in [0.25, 0.3) is 5.91 Å². The van der Waals surface area contributed by atoms with Crippen LogP contribution in [0.1, 0.15) is 36.0 Å². The Kier molecular flexibility index (Phi) is 4.22. The molecule has 1 amide bonds. The van der Waals surface area contributed by atoms with Crippen LogP contribution in [-0.4, -0.2) is 54.3 Å². The second kappa shape index (κ2) is 6.12. The van der Waals surface area contributed by atoms with Gasteiger partial charge in [0, 0.05) is 44.8 Å². The van der Waals surface area contributed by atoms with Crippen LogP contribution < -0.4 is 0 Å². The molecule has 21 heavy (non-hydrogen) atoms. The van der Waals surface area contributed by atoms with Gasteiger partial charge in [-0.1, -0.05) is 0 Å². The van der Waals surface area contributed by atoms with Gasteiger partial charge in [0.15, 0.2) is 0 Å². The van der Waals surface area contributed by atoms with Crippen LogP contribution in [0.3, 0.4) is 0 Å². The first-order chi connectivity index (χ1) is 10.2. The van der Waals surface area contributed by atoms with Gasteiger partial charge < -0.3 is 14.4 Å². The number of pyridine rings is 1. The smallest absolute Gasteiger partial charge is 0.253 e. The highest BCUT2D eigenvalue weighted by Crippen LogP contribution is 2.37. The maximum Gasteiger partial charge on any atom is 0.253 e. The quantitative estimate of drug-likeness (QED) is 0.834. The molecule has 114 valence electrons. The molecular weight excluding hydrogens is 268 g/mol. The molecular formula is C16H22N2O3. The molecule has 0 bridgehead atoms. The van der Waals surface area contributed by atoms with Crippen molar-refractivity contribution in [2.75, 3.05) is 26.8 Å². The largest absolute Gasteiger partial charge is 0.378 e. The molecule has 1 atom stereocenters. The summed E-state index contributed by atoms with van der Waals surface area (Å²) >= 11 is 0. The number of methoxy groups -OCH3 is 1. The SMILES string of the molecule is CO[C@H]1CCCOC12CCN(C(=O)c1ccncc1)CC2. The number of amides is 1. The Balaban J connectivity index is 1.66. The first kappa shape index (κ1) is 14.5. The van der Waals surface area contributed by atoms with E-state index in [4.69, 9.17) is 9.47 Å². The number of rotatable bonds is 2. The van der Waals surface area contributed by atoms with E-state index in [-0.39, 0.29) is 17.6 Å². The molecule has 0 radical (unpaired) electrons. The van der Waals surface area contributed by atoms with Gasteiger partial charge in [-0.15, -0.1) is 0 Å². The van der Waals surface area contributed by atoms with E-state index < -0.39 is 0 Å². The second-order valence-corrected chi connectivity index (χ2v) is 5.81. The first-order valence-corrected chi connectivity index (χ1v) is 7.61. The molecule has 1 aromatic heterocycles. The molecule has 1 aromatic rings. The van der Waals surface area contributed by atoms with Crippen LogP contribution in [0.4, 0.5) is 0 Å². The molecule has 2 fully saturated rings. The van der Waals surface area contributed by atoms with Crippen LogP contribution in [-0.2, 0) is 9.47 Å². The minimum absolute atomic E-state index is 0.0806. The lowest BCUT2D eigenvalue weighted by Gasteiger charge is -2.48. The van der Waals surface area contributed by atoms with Gasteiger partial charge in [-0.2, -0.15) is 0 Å². The summed E-state index contributed by atoms with van der Waals surface area (Å²) in [6.07, 6.45) is 7.28. The molecule has 2 aliphatic heterocycles. The van der Waals surface area contributed by atoms with Gasteiger partial charge in [0.1, 0.15) is 0 Å². The molecule has 2 saturated heterocycles. The van der Waals surface area contributed by atoms with Crippen molar-refractivity contribution in [3.05, 3.63) is 30.1 Å². The lowest BCUT2D eigenvalue weighted by atomic mass is 9.81. The third kappa shape index (κ3) is 2.80. The van der Waals surface area contributed by atoms with E-state index >= 15 is 0 Å². The zero-order valence-corrected chi connectivity index (χ0v) is 12.5. The van der Waals surface area contributed by atoms with Crippen molar-refractivity contribution in [2.45, 2.75) is 37.4 Å². The van der Waals surface area contributed by atoms with E-state index in [1.54, 1.807) is 31.6 Å². The third-order valence-electron chi connectivity index (χ3n) is 4.70. The summed E-state index contributed by atoms with van der Waals surface area (Å²) in [6, 6.07) is 3.53. The van der Waals surface area contributed by atoms with Crippen LogP contribution >= 0.6 is 0 Å². The van der Waals surface area contributed by atoms with Crippen LogP contribution in [0.2, 0.25) is 0 Å². The topological polar surface area (TPSA) is 51.7 Å². The normalized spacial score (nSPS) is 25.0. The zero-order chi connectivity index (χ0) is 14.7. The number of aromatic nitrogens is 1. The maximum absolute atomic E-state index is 12.4. The number of piperidine rings is 1. The summed E-state index contributed by atoms with van der Waals surface area (Å²) in [4.78, 5) is 18.3. The molecule has 5 nitrogen and oxygen atoms in total. The Morgan fingerprint density at radius 3 is 2.76 bits per heavy atom. The highest BCUT2D eigenvalue weighted by Gasteiger charge is 2.45. The summed E-state index contributed by atoms with van der Waals surface area (Å²) in [5.74, 6) is 0.0806. The van der Waals surface area contributed by atoms with Crippen molar-refractivity contribution in [1.29, 1.82) is 0 Å². The molecule has 5 heteroatoms. The predicted molar refractivity (Wildman–Crippen MR) is 78.1 cm³/mol. The van der Waals surface area contributed by atoms with E-state index in [1.165, 1.54) is 0 Å². The van der Waals surface area contributed by atoms with Gasteiger partial charge >= 0.3 is 0 Å². The number of likely N-dealkylation sites (tertiary alicyclic amines) is 1. The van der Waals surface area contributed by atoms with Gasteiger partial charge in [-0.3, -0.25) is 9.78 Å². The molecule has 1 spiro atoms. The lowest BCUT2D eigenvalue weighted by Crippen LogP contribution is -2.56. The van der Waals surface area contributed by atoms with Crippen LogP contribution in [0.25, 0.3) is 0 Å². The van der Waals surface area contributed by atoms with Gasteiger partial charge in [0.05, 0.1) is 11.7 Å². The highest BCUT2D eigenvalue weighted by molar-refractivity contribution is 5.94. The van der Waals surface area contributed by atoms with E-state index in [1.807, 2.05) is 4.90 Å². The van der Waals surface area contributed by atoms with Crippen molar-refractivity contribution in [2.24, 2.45) is 0 Å². The van der Waals surface area contributed by atoms with E-state index in [9.17, 15) is 4.79 Å². The van der Waals surface area contributed by atoms with Crippen molar-refractivity contribution in [3.8, 4) is 0 Å². The molecule has 0 saturated carbocycles. The monoisotopic (exact) mass is 290 g/mol. The van der Waals surface area contributed by atoms with Crippen molar-refractivity contribution >= 4 is 5.91 Å². The van der Waals surface area contributed by atoms with E-state index in [0.29, 0.717) is 5.56 Å². The molecule has 0 aromatic carbocycles. The number of hydrogen-bond acceptors (Lipinski definition) is 4. The van der Waals surface area contributed by atoms with Gasteiger partial charge in [-0.05, 0) is 37.8 Å². The predicted octanol–water partition coefficient (Wildman–Crippen LogP) is 1.88. The highest BCUT2D eigenvalue weighted by atomic mass is 16.5. The fourth-order valence-electron chi connectivity index (χ4n) is 3.46. The van der Waals surface area contributed by atoms with E-state index in [0.717, 1.165) is 45.4 Å². The fraction of sp³-hybridized carbons (Fsp3) is 0.625. The van der Waals surface area contributed by atoms with Crippen molar-refractivity contribution < 1.29 is 14.3 Å². The Hall–Kier alpha value is -1.46. The Morgan fingerprint density at radius 2 is 2.10 bits per heavy atom. The Bertz CT molecular complexity index is 484. The summed E-state index contributed by atoms with van der Waals surface area (Å²) in [5.41, 5.74) is 0.510. The molecule has 0 aliphatic carbocycles. The van der Waals surface area contributed by atoms with Crippen LogP contribution in [0.5, 0.6) is 0 Å². The minimum atomic E-state index is -0.192. The Labute approximate surface area is 125 Å². The molecule has 2 aliphatic rings. The van der Waals surface area contributed by atoms with Crippen LogP contribution in [0.15, 0.2) is 24.5 Å². The lowest BCUT2D eigenvalue weighted by molar-refractivity contribution is -0.183. The number of hydrogen-bond donors (Lipinski definition) is 0. The number of ether oxygens (including phenoxy) is 2. The number of carbonyl (C=O) groups is 1. The number of nitrogens with zero attached hydrogens (tertiary/aromatic N) is 2. The second-order valence-electron chi connectivity index (χ2n) is 5.81. The minimum Gasteiger partial charge on any atom is -0.378 e. The fourth-order valence-corrected chi connectivity index (χ4v) is 3.46. The van der Waals surface area contributed by atoms with Gasteiger partial charge in [0.2, 0.25) is 0 Å². The average Bonchev–Trinajstić information content (AvgIpc) is 2.56. The molecule has 3 heterocycles. The summed E-state index contributed by atoms with van der Waals surface area (Å²) in [6.45, 7) is 2.25. The Morgan fingerprint density at radius 1 is 1.38 bits per heavy atom. The summed E-state index contributed by atoms with van der Waals surface area (Å²) in [5, 5.41) is 0. The van der Waals surface area contributed by atoms with Crippen LogP contribution in [0, 0.1) is 0 Å². The summed E-state index contributed by atoms with van der Waals surface area (Å²) < 4.78 is 11.7.